The molecule has 0 unspecified atom stereocenters. The molecule has 1 aromatic carbocycles. The number of ether oxygens (including phenoxy) is 1. The molecule has 3 aromatic rings. The molecule has 4 rings (SSSR count). The third-order valence-electron chi connectivity index (χ3n) is 6.09. The fraction of sp³-hybridized carbons (Fsp3) is 0.435. The summed E-state index contributed by atoms with van der Waals surface area (Å²) in [4.78, 5) is 30.0. The van der Waals surface area contributed by atoms with Gasteiger partial charge in [0.15, 0.2) is 21.0 Å². The highest BCUT2D eigenvalue weighted by Gasteiger charge is 2.25. The number of hydrogen-bond acceptors (Lipinski definition) is 6. The third-order valence-corrected chi connectivity index (χ3v) is 8.10. The lowest BCUT2D eigenvalue weighted by molar-refractivity contribution is 0.190. The number of aryl methyl sites for hydroxylation is 2. The van der Waals surface area contributed by atoms with Crippen LogP contribution in [0.25, 0.3) is 23.3 Å². The Morgan fingerprint density at radius 3 is 2.41 bits per heavy atom. The van der Waals surface area contributed by atoms with Crippen molar-refractivity contribution in [3.63, 3.8) is 0 Å². The number of sulfone groups is 1. The molecule has 0 atom stereocenters. The van der Waals surface area contributed by atoms with Crippen LogP contribution in [0.5, 0.6) is 5.75 Å². The minimum atomic E-state index is -2.96. The molecule has 1 fully saturated rings. The van der Waals surface area contributed by atoms with Crippen LogP contribution in [-0.4, -0.2) is 44.7 Å². The molecule has 0 spiro atoms. The predicted octanol–water partition coefficient (Wildman–Crippen LogP) is 2.72. The standard InChI is InChI=1S/C23H27ClN4O5S/c1-4-27-21-20(22(29)28(5-2)23(27)30)26(3)19(25-21)9-7-15-6-8-18(17(24)14-15)33-16-10-12-34(31,32)13-11-16/h6-9,14,16H,4-5,10-13H2,1-3H3/b9-7+. The Morgan fingerprint density at radius 1 is 1.12 bits per heavy atom. The van der Waals surface area contributed by atoms with Crippen molar-refractivity contribution in [2.75, 3.05) is 11.5 Å². The molecular weight excluding hydrogens is 480 g/mol. The van der Waals surface area contributed by atoms with Gasteiger partial charge in [-0.1, -0.05) is 23.7 Å². The van der Waals surface area contributed by atoms with E-state index in [0.29, 0.717) is 47.1 Å². The summed E-state index contributed by atoms with van der Waals surface area (Å²) in [6.07, 6.45) is 4.31. The van der Waals surface area contributed by atoms with E-state index in [2.05, 4.69) is 4.98 Å². The zero-order valence-electron chi connectivity index (χ0n) is 19.3. The van der Waals surface area contributed by atoms with Gasteiger partial charge in [0.2, 0.25) is 0 Å². The lowest BCUT2D eigenvalue weighted by Crippen LogP contribution is -2.39. The predicted molar refractivity (Wildman–Crippen MR) is 133 cm³/mol. The normalized spacial score (nSPS) is 16.5. The van der Waals surface area contributed by atoms with E-state index in [-0.39, 0.29) is 35.4 Å². The van der Waals surface area contributed by atoms with Crippen molar-refractivity contribution in [1.29, 1.82) is 0 Å². The van der Waals surface area contributed by atoms with Gasteiger partial charge in [-0.2, -0.15) is 0 Å². The number of halogens is 1. The third kappa shape index (κ3) is 4.56. The van der Waals surface area contributed by atoms with E-state index < -0.39 is 9.84 Å². The summed E-state index contributed by atoms with van der Waals surface area (Å²) in [5.74, 6) is 1.30. The van der Waals surface area contributed by atoms with Crippen LogP contribution in [0.3, 0.4) is 0 Å². The highest BCUT2D eigenvalue weighted by molar-refractivity contribution is 7.91. The van der Waals surface area contributed by atoms with E-state index in [9.17, 15) is 18.0 Å². The van der Waals surface area contributed by atoms with E-state index in [1.165, 1.54) is 9.13 Å². The average Bonchev–Trinajstić information content (AvgIpc) is 3.12. The lowest BCUT2D eigenvalue weighted by atomic mass is 10.2. The van der Waals surface area contributed by atoms with Crippen LogP contribution in [0, 0.1) is 0 Å². The molecule has 11 heteroatoms. The molecule has 0 N–H and O–H groups in total. The topological polar surface area (TPSA) is 105 Å². The molecule has 0 aliphatic carbocycles. The van der Waals surface area contributed by atoms with E-state index >= 15 is 0 Å². The Balaban J connectivity index is 1.60. The summed E-state index contributed by atoms with van der Waals surface area (Å²) < 4.78 is 33.5. The molecule has 1 saturated heterocycles. The SMILES string of the molecule is CCn1c(=O)c2c(nc(/C=C/c3ccc(OC4CCS(=O)(=O)CC4)c(Cl)c3)n2C)n(CC)c1=O. The maximum absolute atomic E-state index is 12.8. The summed E-state index contributed by atoms with van der Waals surface area (Å²) >= 11 is 6.41. The maximum Gasteiger partial charge on any atom is 0.332 e. The molecule has 0 bridgehead atoms. The molecule has 1 aliphatic heterocycles. The lowest BCUT2D eigenvalue weighted by Gasteiger charge is -2.23. The highest BCUT2D eigenvalue weighted by atomic mass is 35.5. The molecule has 1 aliphatic rings. The zero-order valence-corrected chi connectivity index (χ0v) is 20.9. The van der Waals surface area contributed by atoms with Crippen molar-refractivity contribution in [3.8, 4) is 5.75 Å². The Hall–Kier alpha value is -2.85. The minimum absolute atomic E-state index is 0.128. The molecule has 9 nitrogen and oxygen atoms in total. The maximum atomic E-state index is 12.8. The van der Waals surface area contributed by atoms with Gasteiger partial charge < -0.3 is 9.30 Å². The van der Waals surface area contributed by atoms with Crippen molar-refractivity contribution < 1.29 is 13.2 Å². The fourth-order valence-electron chi connectivity index (χ4n) is 4.15. The first kappa shape index (κ1) is 24.3. The number of hydrogen-bond donors (Lipinski definition) is 0. The summed E-state index contributed by atoms with van der Waals surface area (Å²) in [5.41, 5.74) is 0.810. The molecule has 0 radical (unpaired) electrons. The van der Waals surface area contributed by atoms with E-state index in [1.807, 2.05) is 19.1 Å². The van der Waals surface area contributed by atoms with Crippen molar-refractivity contribution in [2.45, 2.75) is 45.9 Å². The first-order valence-corrected chi connectivity index (χ1v) is 13.4. The number of rotatable bonds is 6. The fourth-order valence-corrected chi connectivity index (χ4v) is 5.83. The van der Waals surface area contributed by atoms with Gasteiger partial charge in [0.1, 0.15) is 17.7 Å². The second-order valence-corrected chi connectivity index (χ2v) is 11.0. The highest BCUT2D eigenvalue weighted by Crippen LogP contribution is 2.29. The van der Waals surface area contributed by atoms with Crippen molar-refractivity contribution in [3.05, 3.63) is 55.4 Å². The summed E-state index contributed by atoms with van der Waals surface area (Å²) in [6, 6.07) is 5.35. The van der Waals surface area contributed by atoms with Crippen LogP contribution in [0.2, 0.25) is 5.02 Å². The smallest absolute Gasteiger partial charge is 0.332 e. The molecule has 0 saturated carbocycles. The van der Waals surface area contributed by atoms with Gasteiger partial charge in [-0.15, -0.1) is 0 Å². The second kappa shape index (κ2) is 9.42. The van der Waals surface area contributed by atoms with Crippen LogP contribution in [0.15, 0.2) is 27.8 Å². The Bertz CT molecular complexity index is 1490. The molecule has 2 aromatic heterocycles. The summed E-state index contributed by atoms with van der Waals surface area (Å²) in [6.45, 7) is 4.29. The van der Waals surface area contributed by atoms with Crippen molar-refractivity contribution >= 4 is 44.8 Å². The van der Waals surface area contributed by atoms with Crippen LogP contribution in [0.1, 0.15) is 38.1 Å². The number of benzene rings is 1. The molecule has 3 heterocycles. The number of aromatic nitrogens is 4. The van der Waals surface area contributed by atoms with Gasteiger partial charge in [0.25, 0.3) is 5.56 Å². The van der Waals surface area contributed by atoms with Gasteiger partial charge in [-0.3, -0.25) is 13.9 Å². The van der Waals surface area contributed by atoms with Gasteiger partial charge in [-0.25, -0.2) is 18.2 Å². The monoisotopic (exact) mass is 506 g/mol. The van der Waals surface area contributed by atoms with E-state index in [1.54, 1.807) is 36.7 Å². The van der Waals surface area contributed by atoms with Crippen LogP contribution in [-0.2, 0) is 30.0 Å². The van der Waals surface area contributed by atoms with E-state index in [4.69, 9.17) is 16.3 Å². The zero-order chi connectivity index (χ0) is 24.6. The number of fused-ring (bicyclic) bond motifs is 1. The molecule has 0 amide bonds. The van der Waals surface area contributed by atoms with Gasteiger partial charge >= 0.3 is 5.69 Å². The summed E-state index contributed by atoms with van der Waals surface area (Å²) in [5, 5.41) is 0.422. The van der Waals surface area contributed by atoms with Gasteiger partial charge in [-0.05, 0) is 50.5 Å². The Labute approximate surface area is 202 Å². The van der Waals surface area contributed by atoms with Crippen LogP contribution >= 0.6 is 11.6 Å². The van der Waals surface area contributed by atoms with Crippen LogP contribution < -0.4 is 16.0 Å². The van der Waals surface area contributed by atoms with Crippen molar-refractivity contribution in [1.82, 2.24) is 18.7 Å². The van der Waals surface area contributed by atoms with Crippen LogP contribution in [0.4, 0.5) is 0 Å². The second-order valence-electron chi connectivity index (χ2n) is 8.27. The van der Waals surface area contributed by atoms with E-state index in [0.717, 1.165) is 5.56 Å². The molecule has 34 heavy (non-hydrogen) atoms. The Kier molecular flexibility index (Phi) is 6.73. The largest absolute Gasteiger partial charge is 0.489 e. The summed E-state index contributed by atoms with van der Waals surface area (Å²) in [7, 11) is -1.21. The van der Waals surface area contributed by atoms with Gasteiger partial charge in [0, 0.05) is 20.1 Å². The number of imidazole rings is 1. The van der Waals surface area contributed by atoms with Crippen molar-refractivity contribution in [2.24, 2.45) is 7.05 Å². The molecular formula is C23H27ClN4O5S. The quantitative estimate of drug-likeness (QED) is 0.509. The first-order chi connectivity index (χ1) is 16.1. The first-order valence-electron chi connectivity index (χ1n) is 11.2. The number of nitrogens with zero attached hydrogens (tertiary/aromatic N) is 4. The molecule has 182 valence electrons. The minimum Gasteiger partial charge on any atom is -0.489 e. The van der Waals surface area contributed by atoms with Gasteiger partial charge in [0.05, 0.1) is 16.5 Å². The Morgan fingerprint density at radius 2 is 1.79 bits per heavy atom. The average molecular weight is 507 g/mol.